The van der Waals surface area contributed by atoms with Gasteiger partial charge in [-0.1, -0.05) is 12.1 Å². The molecule has 7 nitrogen and oxygen atoms in total. The van der Waals surface area contributed by atoms with Crippen molar-refractivity contribution in [3.63, 3.8) is 0 Å². The molecule has 0 bridgehead atoms. The summed E-state index contributed by atoms with van der Waals surface area (Å²) in [6.07, 6.45) is -0.424. The lowest BCUT2D eigenvalue weighted by atomic mass is 10.1. The Morgan fingerprint density at radius 2 is 2.04 bits per heavy atom. The van der Waals surface area contributed by atoms with E-state index in [1.165, 1.54) is 0 Å². The van der Waals surface area contributed by atoms with Crippen molar-refractivity contribution in [3.05, 3.63) is 29.3 Å². The molecule has 2 aliphatic rings. The van der Waals surface area contributed by atoms with Crippen LogP contribution in [0.5, 0.6) is 0 Å². The lowest BCUT2D eigenvalue weighted by molar-refractivity contribution is -0.149. The minimum atomic E-state index is -0.943. The Labute approximate surface area is 152 Å². The number of morpholine rings is 1. The summed E-state index contributed by atoms with van der Waals surface area (Å²) < 4.78 is 5.42. The number of carboxylic acids is 1. The van der Waals surface area contributed by atoms with Gasteiger partial charge in [0.05, 0.1) is 25.0 Å². The maximum Gasteiger partial charge on any atom is 0.306 e. The molecule has 1 aromatic carbocycles. The van der Waals surface area contributed by atoms with Crippen molar-refractivity contribution in [1.82, 2.24) is 4.90 Å². The average molecular weight is 360 g/mol. The zero-order valence-electron chi connectivity index (χ0n) is 15.1. The van der Waals surface area contributed by atoms with Crippen LogP contribution in [0.1, 0.15) is 24.0 Å². The summed E-state index contributed by atoms with van der Waals surface area (Å²) in [5, 5.41) is 8.91. The minimum absolute atomic E-state index is 0.0487. The first-order valence-corrected chi connectivity index (χ1v) is 8.85. The van der Waals surface area contributed by atoms with Gasteiger partial charge in [0.15, 0.2) is 0 Å². The fourth-order valence-corrected chi connectivity index (χ4v) is 3.63. The second-order valence-electron chi connectivity index (χ2n) is 7.00. The minimum Gasteiger partial charge on any atom is -0.481 e. The molecule has 0 radical (unpaired) electrons. The highest BCUT2D eigenvalue weighted by atomic mass is 16.5. The molecule has 0 aromatic heterocycles. The van der Waals surface area contributed by atoms with Crippen molar-refractivity contribution in [1.29, 1.82) is 0 Å². The zero-order chi connectivity index (χ0) is 18.8. The van der Waals surface area contributed by atoms with Gasteiger partial charge in [-0.05, 0) is 31.0 Å². The fourth-order valence-electron chi connectivity index (χ4n) is 3.63. The van der Waals surface area contributed by atoms with E-state index < -0.39 is 18.0 Å². The Hall–Kier alpha value is -2.41. The van der Waals surface area contributed by atoms with Gasteiger partial charge in [0.25, 0.3) is 0 Å². The Morgan fingerprint density at radius 3 is 2.77 bits per heavy atom. The van der Waals surface area contributed by atoms with Crippen LogP contribution in [-0.4, -0.2) is 60.1 Å². The van der Waals surface area contributed by atoms with Crippen LogP contribution < -0.4 is 4.90 Å². The number of aryl methyl sites for hydroxylation is 1. The smallest absolute Gasteiger partial charge is 0.306 e. The molecule has 0 spiro atoms. The van der Waals surface area contributed by atoms with Crippen molar-refractivity contribution in [3.8, 4) is 0 Å². The first-order valence-electron chi connectivity index (χ1n) is 8.85. The molecule has 1 aromatic rings. The number of carbonyl (C=O) groups is 3. The van der Waals surface area contributed by atoms with E-state index in [0.717, 1.165) is 16.8 Å². The molecule has 7 heteroatoms. The van der Waals surface area contributed by atoms with E-state index in [1.807, 2.05) is 32.0 Å². The molecule has 2 saturated heterocycles. The number of ether oxygens (including phenoxy) is 1. The summed E-state index contributed by atoms with van der Waals surface area (Å²) in [6, 6.07) is 5.82. The fraction of sp³-hybridized carbons (Fsp3) is 0.526. The third kappa shape index (κ3) is 3.72. The molecule has 1 N–H and O–H groups in total. The van der Waals surface area contributed by atoms with Crippen molar-refractivity contribution in [2.45, 2.75) is 32.8 Å². The van der Waals surface area contributed by atoms with Gasteiger partial charge in [-0.3, -0.25) is 14.4 Å². The Kier molecular flexibility index (Phi) is 5.27. The van der Waals surface area contributed by atoms with Gasteiger partial charge in [-0.15, -0.1) is 0 Å². The lowest BCUT2D eigenvalue weighted by Gasteiger charge is -2.33. The molecule has 2 fully saturated rings. The van der Waals surface area contributed by atoms with Crippen LogP contribution in [0.2, 0.25) is 0 Å². The molecule has 2 amide bonds. The number of nitrogens with zero attached hydrogens (tertiary/aromatic N) is 2. The molecular formula is C19H24N2O5. The van der Waals surface area contributed by atoms with E-state index in [2.05, 4.69) is 0 Å². The van der Waals surface area contributed by atoms with Crippen LogP contribution in [0, 0.1) is 19.8 Å². The second-order valence-corrected chi connectivity index (χ2v) is 7.00. The molecule has 2 aliphatic heterocycles. The standard InChI is InChI=1S/C19H24N2O5/c1-12-4-3-5-16(13(12)2)21-10-14(8-17(21)22)19(25)20-6-7-26-15(11-20)9-18(23)24/h3-5,14-15H,6-11H2,1-2H3,(H,23,24)/t14-,15+/m1/s1. The van der Waals surface area contributed by atoms with E-state index in [0.29, 0.717) is 19.7 Å². The summed E-state index contributed by atoms with van der Waals surface area (Å²) in [5.41, 5.74) is 3.01. The third-order valence-electron chi connectivity index (χ3n) is 5.19. The van der Waals surface area contributed by atoms with Crippen LogP contribution in [0.25, 0.3) is 0 Å². The summed E-state index contributed by atoms with van der Waals surface area (Å²) >= 11 is 0. The van der Waals surface area contributed by atoms with Crippen molar-refractivity contribution in [2.75, 3.05) is 31.1 Å². The first kappa shape index (κ1) is 18.4. The number of carboxylic acid groups (broad SMARTS) is 1. The Balaban J connectivity index is 1.69. The van der Waals surface area contributed by atoms with E-state index in [1.54, 1.807) is 9.80 Å². The number of carbonyl (C=O) groups excluding carboxylic acids is 2. The molecule has 140 valence electrons. The first-order chi connectivity index (χ1) is 12.4. The second kappa shape index (κ2) is 7.45. The molecule has 26 heavy (non-hydrogen) atoms. The quantitative estimate of drug-likeness (QED) is 0.876. The van der Waals surface area contributed by atoms with Crippen LogP contribution in [0.3, 0.4) is 0 Å². The van der Waals surface area contributed by atoms with Crippen LogP contribution in [0.4, 0.5) is 5.69 Å². The zero-order valence-corrected chi connectivity index (χ0v) is 15.1. The summed E-state index contributed by atoms with van der Waals surface area (Å²) in [7, 11) is 0. The third-order valence-corrected chi connectivity index (χ3v) is 5.19. The van der Waals surface area contributed by atoms with Gasteiger partial charge in [-0.2, -0.15) is 0 Å². The normalized spacial score (nSPS) is 23.4. The summed E-state index contributed by atoms with van der Waals surface area (Å²) in [5.74, 6) is -1.48. The molecule has 2 heterocycles. The van der Waals surface area contributed by atoms with Crippen molar-refractivity contribution < 1.29 is 24.2 Å². The maximum atomic E-state index is 12.9. The number of aliphatic carboxylic acids is 1. The van der Waals surface area contributed by atoms with Gasteiger partial charge < -0.3 is 19.6 Å². The predicted molar refractivity (Wildman–Crippen MR) is 94.9 cm³/mol. The summed E-state index contributed by atoms with van der Waals surface area (Å²) in [4.78, 5) is 39.6. The number of benzene rings is 1. The van der Waals surface area contributed by atoms with Crippen LogP contribution in [-0.2, 0) is 19.1 Å². The summed E-state index contributed by atoms with van der Waals surface area (Å²) in [6.45, 7) is 5.36. The largest absolute Gasteiger partial charge is 0.481 e. The maximum absolute atomic E-state index is 12.9. The number of anilines is 1. The Morgan fingerprint density at radius 1 is 1.27 bits per heavy atom. The van der Waals surface area contributed by atoms with E-state index in [4.69, 9.17) is 9.84 Å². The van der Waals surface area contributed by atoms with Crippen LogP contribution in [0.15, 0.2) is 18.2 Å². The van der Waals surface area contributed by atoms with Crippen molar-refractivity contribution in [2.24, 2.45) is 5.92 Å². The number of hydrogen-bond acceptors (Lipinski definition) is 4. The number of hydrogen-bond donors (Lipinski definition) is 1. The predicted octanol–water partition coefficient (Wildman–Crippen LogP) is 1.36. The highest BCUT2D eigenvalue weighted by molar-refractivity contribution is 6.01. The van der Waals surface area contributed by atoms with E-state index in [9.17, 15) is 14.4 Å². The highest BCUT2D eigenvalue weighted by Crippen LogP contribution is 2.30. The molecule has 3 rings (SSSR count). The average Bonchev–Trinajstić information content (AvgIpc) is 2.98. The van der Waals surface area contributed by atoms with Gasteiger partial charge in [-0.25, -0.2) is 0 Å². The van der Waals surface area contributed by atoms with Crippen molar-refractivity contribution >= 4 is 23.5 Å². The molecule has 0 unspecified atom stereocenters. The number of rotatable bonds is 4. The molecule has 0 aliphatic carbocycles. The lowest BCUT2D eigenvalue weighted by Crippen LogP contribution is -2.48. The Bertz CT molecular complexity index is 733. The SMILES string of the molecule is Cc1cccc(N2C[C@H](C(=O)N3CCO[C@@H](CC(=O)O)C3)CC2=O)c1C. The molecule has 0 saturated carbocycles. The monoisotopic (exact) mass is 360 g/mol. The van der Waals surface area contributed by atoms with Gasteiger partial charge >= 0.3 is 5.97 Å². The van der Waals surface area contributed by atoms with E-state index in [-0.39, 0.29) is 31.2 Å². The molecule has 2 atom stereocenters. The topological polar surface area (TPSA) is 87.2 Å². The molecular weight excluding hydrogens is 336 g/mol. The van der Waals surface area contributed by atoms with Crippen LogP contribution >= 0.6 is 0 Å². The van der Waals surface area contributed by atoms with E-state index >= 15 is 0 Å². The van der Waals surface area contributed by atoms with Gasteiger partial charge in [0.1, 0.15) is 0 Å². The number of amides is 2. The van der Waals surface area contributed by atoms with Gasteiger partial charge in [0.2, 0.25) is 11.8 Å². The highest BCUT2D eigenvalue weighted by Gasteiger charge is 2.39. The van der Waals surface area contributed by atoms with Gasteiger partial charge in [0, 0.05) is 31.7 Å².